The largest absolute Gasteiger partial charge is 0.341 e. The highest BCUT2D eigenvalue weighted by Crippen LogP contribution is 2.32. The summed E-state index contributed by atoms with van der Waals surface area (Å²) in [5.74, 6) is 0.702. The molecule has 1 amide bonds. The van der Waals surface area contributed by atoms with Gasteiger partial charge in [0.15, 0.2) is 5.16 Å². The van der Waals surface area contributed by atoms with Crippen LogP contribution >= 0.6 is 11.8 Å². The van der Waals surface area contributed by atoms with Crippen molar-refractivity contribution in [2.75, 3.05) is 30.3 Å². The van der Waals surface area contributed by atoms with E-state index in [1.54, 1.807) is 18.2 Å². The zero-order valence-electron chi connectivity index (χ0n) is 17.6. The molecule has 0 aliphatic carbocycles. The van der Waals surface area contributed by atoms with Crippen molar-refractivity contribution in [2.24, 2.45) is 0 Å². The Balaban J connectivity index is 1.38. The molecule has 2 aromatic carbocycles. The number of sulfonamides is 1. The maximum Gasteiger partial charge on any atom is 0.269 e. The van der Waals surface area contributed by atoms with Gasteiger partial charge < -0.3 is 4.90 Å². The first-order valence-corrected chi connectivity index (χ1v) is 13.0. The fourth-order valence-corrected chi connectivity index (χ4v) is 6.63. The minimum absolute atomic E-state index is 0.0698. The molecule has 0 saturated carbocycles. The van der Waals surface area contributed by atoms with Crippen LogP contribution in [0, 0.1) is 6.92 Å². The van der Waals surface area contributed by atoms with Gasteiger partial charge in [0.2, 0.25) is 5.95 Å². The Kier molecular flexibility index (Phi) is 5.42. The van der Waals surface area contributed by atoms with Crippen LogP contribution < -0.4 is 4.90 Å². The summed E-state index contributed by atoms with van der Waals surface area (Å²) in [4.78, 5) is 15.0. The van der Waals surface area contributed by atoms with Crippen molar-refractivity contribution >= 4 is 33.6 Å². The van der Waals surface area contributed by atoms with Gasteiger partial charge in [0.25, 0.3) is 15.9 Å². The summed E-state index contributed by atoms with van der Waals surface area (Å²) >= 11 is 1.40. The van der Waals surface area contributed by atoms with E-state index in [9.17, 15) is 13.2 Å². The van der Waals surface area contributed by atoms with E-state index < -0.39 is 15.9 Å². The van der Waals surface area contributed by atoms with Gasteiger partial charge in [0.1, 0.15) is 4.90 Å². The fraction of sp³-hybridized carbons (Fsp3) is 0.318. The normalized spacial score (nSPS) is 17.2. The molecule has 0 spiro atoms. The second kappa shape index (κ2) is 8.25. The van der Waals surface area contributed by atoms with E-state index >= 15 is 0 Å². The van der Waals surface area contributed by atoms with Crippen molar-refractivity contribution in [3.63, 3.8) is 0 Å². The fourth-order valence-electron chi connectivity index (χ4n) is 4.07. The van der Waals surface area contributed by atoms with Gasteiger partial charge in [-0.15, -0.1) is 10.2 Å². The van der Waals surface area contributed by atoms with Crippen LogP contribution in [0.5, 0.6) is 0 Å². The number of fused-ring (bicyclic) bond motifs is 1. The third-order valence-corrected chi connectivity index (χ3v) is 8.48. The summed E-state index contributed by atoms with van der Waals surface area (Å²) in [7, 11) is -3.81. The van der Waals surface area contributed by atoms with Crippen LogP contribution in [0.25, 0.3) is 5.69 Å². The Bertz CT molecular complexity index is 1260. The lowest BCUT2D eigenvalue weighted by Gasteiger charge is -2.19. The maximum atomic E-state index is 12.8. The third-order valence-electron chi connectivity index (χ3n) is 5.73. The Morgan fingerprint density at radius 3 is 2.44 bits per heavy atom. The van der Waals surface area contributed by atoms with Crippen molar-refractivity contribution in [1.82, 2.24) is 19.1 Å². The molecular formula is C22H23N5O3S2. The van der Waals surface area contributed by atoms with Crippen LogP contribution in [-0.2, 0) is 10.0 Å². The molecule has 5 rings (SSSR count). The van der Waals surface area contributed by atoms with Gasteiger partial charge in [-0.1, -0.05) is 41.6 Å². The van der Waals surface area contributed by atoms with Crippen molar-refractivity contribution in [2.45, 2.75) is 29.8 Å². The topological polar surface area (TPSA) is 88.4 Å². The predicted molar refractivity (Wildman–Crippen MR) is 123 cm³/mol. The summed E-state index contributed by atoms with van der Waals surface area (Å²) in [5, 5.41) is 9.52. The van der Waals surface area contributed by atoms with Gasteiger partial charge in [-0.3, -0.25) is 9.36 Å². The summed E-state index contributed by atoms with van der Waals surface area (Å²) in [6.45, 7) is 3.99. The van der Waals surface area contributed by atoms with Gasteiger partial charge in [-0.25, -0.2) is 12.7 Å². The molecule has 32 heavy (non-hydrogen) atoms. The first-order valence-electron chi connectivity index (χ1n) is 10.5. The molecule has 0 unspecified atom stereocenters. The Morgan fingerprint density at radius 2 is 1.72 bits per heavy atom. The SMILES string of the molecule is Cc1ccc(-n2c(SCCN3C(=O)c4ccccc4S3(=O)=O)nnc2N2CCCC2)cc1. The number of thioether (sulfide) groups is 1. The number of rotatable bonds is 6. The highest BCUT2D eigenvalue weighted by Gasteiger charge is 2.40. The van der Waals surface area contributed by atoms with Crippen LogP contribution in [0.15, 0.2) is 58.6 Å². The summed E-state index contributed by atoms with van der Waals surface area (Å²) < 4.78 is 28.6. The van der Waals surface area contributed by atoms with Gasteiger partial charge in [0.05, 0.1) is 11.3 Å². The first kappa shape index (κ1) is 21.0. The minimum Gasteiger partial charge on any atom is -0.341 e. The molecule has 1 saturated heterocycles. The number of amides is 1. The lowest BCUT2D eigenvalue weighted by atomic mass is 10.2. The molecule has 166 valence electrons. The molecule has 0 N–H and O–H groups in total. The molecule has 1 fully saturated rings. The van der Waals surface area contributed by atoms with E-state index in [0.717, 1.165) is 47.4 Å². The number of nitrogens with zero attached hydrogens (tertiary/aromatic N) is 5. The third kappa shape index (κ3) is 3.57. The van der Waals surface area contributed by atoms with E-state index in [2.05, 4.69) is 15.1 Å². The minimum atomic E-state index is -3.81. The number of hydrogen-bond donors (Lipinski definition) is 0. The van der Waals surface area contributed by atoms with E-state index in [1.807, 2.05) is 35.8 Å². The molecule has 0 radical (unpaired) electrons. The van der Waals surface area contributed by atoms with Gasteiger partial charge >= 0.3 is 0 Å². The van der Waals surface area contributed by atoms with Crippen LogP contribution in [0.4, 0.5) is 5.95 Å². The van der Waals surface area contributed by atoms with E-state index in [4.69, 9.17) is 0 Å². The zero-order valence-corrected chi connectivity index (χ0v) is 19.3. The van der Waals surface area contributed by atoms with Crippen LogP contribution in [0.2, 0.25) is 0 Å². The molecule has 0 bridgehead atoms. The number of aryl methyl sites for hydroxylation is 1. The molecule has 3 aromatic rings. The van der Waals surface area contributed by atoms with Crippen molar-refractivity contribution < 1.29 is 13.2 Å². The molecule has 2 aliphatic rings. The highest BCUT2D eigenvalue weighted by molar-refractivity contribution is 7.99. The Hall–Kier alpha value is -2.85. The smallest absolute Gasteiger partial charge is 0.269 e. The molecule has 0 atom stereocenters. The Morgan fingerprint density at radius 1 is 1.00 bits per heavy atom. The second-order valence-corrected chi connectivity index (χ2v) is 10.8. The maximum absolute atomic E-state index is 12.8. The van der Waals surface area contributed by atoms with Gasteiger partial charge in [-0.2, -0.15) is 0 Å². The zero-order chi connectivity index (χ0) is 22.3. The predicted octanol–water partition coefficient (Wildman–Crippen LogP) is 3.11. The lowest BCUT2D eigenvalue weighted by Crippen LogP contribution is -2.32. The number of hydrogen-bond acceptors (Lipinski definition) is 7. The second-order valence-electron chi connectivity index (χ2n) is 7.87. The molecule has 2 aliphatic heterocycles. The van der Waals surface area contributed by atoms with E-state index in [-0.39, 0.29) is 17.0 Å². The Labute approximate surface area is 191 Å². The van der Waals surface area contributed by atoms with Crippen LogP contribution in [0.3, 0.4) is 0 Å². The van der Waals surface area contributed by atoms with Crippen molar-refractivity contribution in [3.8, 4) is 5.69 Å². The van der Waals surface area contributed by atoms with Gasteiger partial charge in [-0.05, 0) is 44.0 Å². The molecule has 8 nitrogen and oxygen atoms in total. The lowest BCUT2D eigenvalue weighted by molar-refractivity contribution is 0.0876. The number of aromatic nitrogens is 3. The van der Waals surface area contributed by atoms with Crippen molar-refractivity contribution in [3.05, 3.63) is 59.7 Å². The van der Waals surface area contributed by atoms with Crippen molar-refractivity contribution in [1.29, 1.82) is 0 Å². The summed E-state index contributed by atoms with van der Waals surface area (Å²) in [6, 6.07) is 14.5. The summed E-state index contributed by atoms with van der Waals surface area (Å²) in [5.41, 5.74) is 2.36. The number of anilines is 1. The standard InChI is InChI=1S/C22H23N5O3S2/c1-16-8-10-17(11-9-16)27-21(25-12-4-5-13-25)23-24-22(27)31-15-14-26-20(28)18-6-2-3-7-19(18)32(26,29)30/h2-3,6-11H,4-5,12-15H2,1H3. The van der Waals surface area contributed by atoms with E-state index in [0.29, 0.717) is 10.9 Å². The van der Waals surface area contributed by atoms with E-state index in [1.165, 1.54) is 17.8 Å². The van der Waals surface area contributed by atoms with Gasteiger partial charge in [0, 0.05) is 25.4 Å². The highest BCUT2D eigenvalue weighted by atomic mass is 32.2. The van der Waals surface area contributed by atoms with Crippen LogP contribution in [-0.4, -0.2) is 58.8 Å². The average Bonchev–Trinajstić information content (AvgIpc) is 3.50. The molecule has 1 aromatic heterocycles. The number of carbonyl (C=O) groups is 1. The van der Waals surface area contributed by atoms with Crippen LogP contribution in [0.1, 0.15) is 28.8 Å². The molecule has 3 heterocycles. The quantitative estimate of drug-likeness (QED) is 0.513. The molecular weight excluding hydrogens is 446 g/mol. The average molecular weight is 470 g/mol. The number of carbonyl (C=O) groups excluding carboxylic acids is 1. The first-order chi connectivity index (χ1) is 15.5. The number of benzene rings is 2. The molecule has 10 heteroatoms. The monoisotopic (exact) mass is 469 g/mol. The summed E-state index contributed by atoms with van der Waals surface area (Å²) in [6.07, 6.45) is 2.25.